The maximum Gasteiger partial charge on any atom is 0.418 e. The summed E-state index contributed by atoms with van der Waals surface area (Å²) in [4.78, 5) is 12.4. The molecule has 0 aliphatic carbocycles. The lowest BCUT2D eigenvalue weighted by atomic mass is 9.93. The van der Waals surface area contributed by atoms with Crippen LogP contribution in [-0.4, -0.2) is 24.2 Å². The minimum absolute atomic E-state index is 0.0449. The van der Waals surface area contributed by atoms with E-state index in [0.29, 0.717) is 30.4 Å². The van der Waals surface area contributed by atoms with Crippen LogP contribution < -0.4 is 4.90 Å². The number of aliphatic carboxylic acids is 1. The predicted octanol–water partition coefficient (Wildman–Crippen LogP) is 4.16. The standard InChI is InChI=1S/C14H15BrF3NO2/c15-10-1-2-12(11(8-10)14(16,17)18)19-5-3-9(4-6-19)7-13(20)21/h1-2,8-9H,3-7H2,(H,20,21). The summed E-state index contributed by atoms with van der Waals surface area (Å²) >= 11 is 3.07. The van der Waals surface area contributed by atoms with Crippen molar-refractivity contribution in [2.45, 2.75) is 25.4 Å². The van der Waals surface area contributed by atoms with Gasteiger partial charge in [0, 0.05) is 29.7 Å². The first-order valence-corrected chi connectivity index (χ1v) is 7.40. The zero-order chi connectivity index (χ0) is 15.6. The van der Waals surface area contributed by atoms with Gasteiger partial charge in [-0.25, -0.2) is 0 Å². The summed E-state index contributed by atoms with van der Waals surface area (Å²) in [5.74, 6) is -0.809. The van der Waals surface area contributed by atoms with Crippen LogP contribution in [0.5, 0.6) is 0 Å². The van der Waals surface area contributed by atoms with E-state index in [9.17, 15) is 18.0 Å². The third-order valence-electron chi connectivity index (χ3n) is 3.68. The molecule has 1 aromatic rings. The molecule has 1 aromatic carbocycles. The van der Waals surface area contributed by atoms with Crippen LogP contribution in [-0.2, 0) is 11.0 Å². The molecular weight excluding hydrogens is 351 g/mol. The average molecular weight is 366 g/mol. The van der Waals surface area contributed by atoms with Crippen molar-refractivity contribution in [2.75, 3.05) is 18.0 Å². The van der Waals surface area contributed by atoms with E-state index in [1.165, 1.54) is 6.07 Å². The van der Waals surface area contributed by atoms with E-state index in [4.69, 9.17) is 5.11 Å². The van der Waals surface area contributed by atoms with Crippen molar-refractivity contribution in [3.8, 4) is 0 Å². The molecule has 0 radical (unpaired) electrons. The number of halogens is 4. The van der Waals surface area contributed by atoms with Gasteiger partial charge in [-0.1, -0.05) is 15.9 Å². The van der Waals surface area contributed by atoms with Gasteiger partial charge in [0.2, 0.25) is 0 Å². The van der Waals surface area contributed by atoms with Gasteiger partial charge in [0.05, 0.1) is 5.56 Å². The molecule has 21 heavy (non-hydrogen) atoms. The molecule has 0 atom stereocenters. The third kappa shape index (κ3) is 4.12. The highest BCUT2D eigenvalue weighted by Crippen LogP contribution is 2.39. The van der Waals surface area contributed by atoms with Crippen molar-refractivity contribution in [1.29, 1.82) is 0 Å². The molecule has 1 aliphatic rings. The normalized spacial score (nSPS) is 17.0. The summed E-state index contributed by atoms with van der Waals surface area (Å²) in [5.41, 5.74) is -0.493. The fourth-order valence-electron chi connectivity index (χ4n) is 2.64. The largest absolute Gasteiger partial charge is 0.481 e. The maximum absolute atomic E-state index is 13.1. The molecule has 1 N–H and O–H groups in total. The maximum atomic E-state index is 13.1. The first-order chi connectivity index (χ1) is 9.77. The Morgan fingerprint density at radius 2 is 1.95 bits per heavy atom. The fraction of sp³-hybridized carbons (Fsp3) is 0.500. The molecule has 3 nitrogen and oxygen atoms in total. The Bertz CT molecular complexity index is 525. The summed E-state index contributed by atoms with van der Waals surface area (Å²) in [6.45, 7) is 0.894. The first kappa shape index (κ1) is 16.1. The lowest BCUT2D eigenvalue weighted by Gasteiger charge is -2.34. The molecule has 1 fully saturated rings. The Hall–Kier alpha value is -1.24. The third-order valence-corrected chi connectivity index (χ3v) is 4.18. The molecule has 0 spiro atoms. The number of carboxylic acid groups (broad SMARTS) is 1. The second-order valence-electron chi connectivity index (χ2n) is 5.19. The second-order valence-corrected chi connectivity index (χ2v) is 6.10. The van der Waals surface area contributed by atoms with Gasteiger partial charge in [-0.15, -0.1) is 0 Å². The molecule has 1 heterocycles. The highest BCUT2D eigenvalue weighted by molar-refractivity contribution is 9.10. The zero-order valence-electron chi connectivity index (χ0n) is 11.2. The minimum Gasteiger partial charge on any atom is -0.481 e. The monoisotopic (exact) mass is 365 g/mol. The van der Waals surface area contributed by atoms with Crippen LogP contribution in [0.1, 0.15) is 24.8 Å². The second kappa shape index (κ2) is 6.25. The zero-order valence-corrected chi connectivity index (χ0v) is 12.7. The van der Waals surface area contributed by atoms with Gasteiger partial charge < -0.3 is 10.0 Å². The number of hydrogen-bond acceptors (Lipinski definition) is 2. The predicted molar refractivity (Wildman–Crippen MR) is 76.3 cm³/mol. The van der Waals surface area contributed by atoms with Gasteiger partial charge in [-0.05, 0) is 37.0 Å². The Balaban J connectivity index is 2.15. The molecule has 7 heteroatoms. The Morgan fingerprint density at radius 1 is 1.33 bits per heavy atom. The fourth-order valence-corrected chi connectivity index (χ4v) is 3.00. The molecular formula is C14H15BrF3NO2. The summed E-state index contributed by atoms with van der Waals surface area (Å²) in [5, 5.41) is 8.76. The van der Waals surface area contributed by atoms with Crippen LogP contribution >= 0.6 is 15.9 Å². The summed E-state index contributed by atoms with van der Waals surface area (Å²) in [6.07, 6.45) is -3.13. The minimum atomic E-state index is -4.41. The van der Waals surface area contributed by atoms with Crippen LogP contribution in [0.2, 0.25) is 0 Å². The number of hydrogen-bond donors (Lipinski definition) is 1. The number of benzene rings is 1. The summed E-state index contributed by atoms with van der Waals surface area (Å²) < 4.78 is 39.7. The Kier molecular flexibility index (Phi) is 4.81. The van der Waals surface area contributed by atoms with Crippen LogP contribution in [0.4, 0.5) is 18.9 Å². The molecule has 0 bridgehead atoms. The number of alkyl halides is 3. The quantitative estimate of drug-likeness (QED) is 0.874. The molecule has 0 unspecified atom stereocenters. The summed E-state index contributed by atoms with van der Waals surface area (Å²) in [6, 6.07) is 4.14. The average Bonchev–Trinajstić information content (AvgIpc) is 2.38. The van der Waals surface area contributed by atoms with E-state index in [0.717, 1.165) is 6.07 Å². The number of piperidine rings is 1. The van der Waals surface area contributed by atoms with Gasteiger partial charge in [-0.2, -0.15) is 13.2 Å². The number of nitrogens with zero attached hydrogens (tertiary/aromatic N) is 1. The highest BCUT2D eigenvalue weighted by atomic mass is 79.9. The van der Waals surface area contributed by atoms with E-state index in [2.05, 4.69) is 15.9 Å². The van der Waals surface area contributed by atoms with E-state index in [-0.39, 0.29) is 18.0 Å². The number of carboxylic acids is 1. The van der Waals surface area contributed by atoms with Crippen LogP contribution in [0.15, 0.2) is 22.7 Å². The SMILES string of the molecule is O=C(O)CC1CCN(c2ccc(Br)cc2C(F)(F)F)CC1. The van der Waals surface area contributed by atoms with E-state index in [1.54, 1.807) is 11.0 Å². The van der Waals surface area contributed by atoms with E-state index < -0.39 is 17.7 Å². The van der Waals surface area contributed by atoms with Crippen molar-refractivity contribution >= 4 is 27.6 Å². The molecule has 1 aliphatic heterocycles. The van der Waals surface area contributed by atoms with E-state index in [1.807, 2.05) is 0 Å². The molecule has 1 saturated heterocycles. The van der Waals surface area contributed by atoms with Crippen molar-refractivity contribution in [3.63, 3.8) is 0 Å². The highest BCUT2D eigenvalue weighted by Gasteiger charge is 2.36. The van der Waals surface area contributed by atoms with Crippen LogP contribution in [0, 0.1) is 5.92 Å². The van der Waals surface area contributed by atoms with E-state index >= 15 is 0 Å². The van der Waals surface area contributed by atoms with Gasteiger partial charge >= 0.3 is 12.1 Å². The molecule has 2 rings (SSSR count). The van der Waals surface area contributed by atoms with Gasteiger partial charge in [-0.3, -0.25) is 4.79 Å². The lowest BCUT2D eigenvalue weighted by Crippen LogP contribution is -2.35. The topological polar surface area (TPSA) is 40.5 Å². The van der Waals surface area contributed by atoms with Gasteiger partial charge in [0.25, 0.3) is 0 Å². The molecule has 116 valence electrons. The number of carbonyl (C=O) groups is 1. The van der Waals surface area contributed by atoms with Crippen molar-refractivity contribution in [1.82, 2.24) is 0 Å². The lowest BCUT2D eigenvalue weighted by molar-refractivity contribution is -0.138. The summed E-state index contributed by atoms with van der Waals surface area (Å²) in [7, 11) is 0. The Labute approximate surface area is 128 Å². The number of anilines is 1. The van der Waals surface area contributed by atoms with Crippen molar-refractivity contribution < 1.29 is 23.1 Å². The molecule has 0 amide bonds. The van der Waals surface area contributed by atoms with Crippen LogP contribution in [0.25, 0.3) is 0 Å². The number of rotatable bonds is 3. The van der Waals surface area contributed by atoms with Gasteiger partial charge in [0.15, 0.2) is 0 Å². The molecule has 0 saturated carbocycles. The van der Waals surface area contributed by atoms with Crippen LogP contribution in [0.3, 0.4) is 0 Å². The first-order valence-electron chi connectivity index (χ1n) is 6.61. The van der Waals surface area contributed by atoms with Crippen molar-refractivity contribution in [2.24, 2.45) is 5.92 Å². The Morgan fingerprint density at radius 3 is 2.48 bits per heavy atom. The van der Waals surface area contributed by atoms with Crippen molar-refractivity contribution in [3.05, 3.63) is 28.2 Å². The molecule has 0 aromatic heterocycles. The van der Waals surface area contributed by atoms with Gasteiger partial charge in [0.1, 0.15) is 0 Å². The smallest absolute Gasteiger partial charge is 0.418 e.